The summed E-state index contributed by atoms with van der Waals surface area (Å²) in [6, 6.07) is 29.9. The highest BCUT2D eigenvalue weighted by molar-refractivity contribution is 5.86. The van der Waals surface area contributed by atoms with E-state index in [0.717, 1.165) is 37.2 Å². The van der Waals surface area contributed by atoms with Crippen molar-refractivity contribution in [3.05, 3.63) is 102 Å². The van der Waals surface area contributed by atoms with Gasteiger partial charge in [-0.1, -0.05) is 66.6 Å². The minimum atomic E-state index is 0.638. The van der Waals surface area contributed by atoms with E-state index in [1.807, 2.05) is 18.2 Å². The van der Waals surface area contributed by atoms with Crippen LogP contribution in [-0.4, -0.2) is 11.1 Å². The lowest BCUT2D eigenvalue weighted by atomic mass is 10.0. The van der Waals surface area contributed by atoms with Crippen LogP contribution >= 0.6 is 0 Å². The molecule has 2 nitrogen and oxygen atoms in total. The molecule has 1 aromatic heterocycles. The SMILES string of the molecule is CCn1c(C#CCNc2ccccc2)cc2c(CCCc3ccccc3)cccc21. The van der Waals surface area contributed by atoms with Crippen LogP contribution in [0.2, 0.25) is 0 Å². The molecule has 0 atom stereocenters. The fraction of sp³-hybridized carbons (Fsp3) is 0.214. The molecule has 0 spiro atoms. The summed E-state index contributed by atoms with van der Waals surface area (Å²) < 4.78 is 2.32. The number of benzene rings is 3. The van der Waals surface area contributed by atoms with Crippen molar-refractivity contribution in [1.82, 2.24) is 4.57 Å². The first-order chi connectivity index (χ1) is 14.8. The van der Waals surface area contributed by atoms with Gasteiger partial charge in [-0.3, -0.25) is 0 Å². The second kappa shape index (κ2) is 9.85. The molecule has 0 aliphatic rings. The number of anilines is 1. The summed E-state index contributed by atoms with van der Waals surface area (Å²) >= 11 is 0. The van der Waals surface area contributed by atoms with E-state index in [2.05, 4.69) is 95.4 Å². The first kappa shape index (κ1) is 19.9. The number of hydrogen-bond acceptors (Lipinski definition) is 1. The molecule has 30 heavy (non-hydrogen) atoms. The summed E-state index contributed by atoms with van der Waals surface area (Å²) in [5.74, 6) is 6.67. The molecule has 0 bridgehead atoms. The maximum atomic E-state index is 3.38. The third-order valence-electron chi connectivity index (χ3n) is 5.48. The van der Waals surface area contributed by atoms with Gasteiger partial charge in [0.1, 0.15) is 0 Å². The molecule has 0 fully saturated rings. The standard InChI is InChI=1S/C28H28N2/c1-2-30-26(19-11-21-29-25-17-7-4-8-18-25)22-27-24(16-10-20-28(27)30)15-9-14-23-12-5-3-6-13-23/h3-8,10,12-13,16-18,20,22,29H,2,9,14-15,21H2,1H3. The second-order valence-corrected chi connectivity index (χ2v) is 7.48. The van der Waals surface area contributed by atoms with Gasteiger partial charge >= 0.3 is 0 Å². The lowest BCUT2D eigenvalue weighted by molar-refractivity contribution is 0.786. The largest absolute Gasteiger partial charge is 0.374 e. The van der Waals surface area contributed by atoms with Gasteiger partial charge in [0, 0.05) is 23.1 Å². The first-order valence-electron chi connectivity index (χ1n) is 10.8. The highest BCUT2D eigenvalue weighted by Gasteiger charge is 2.09. The molecular weight excluding hydrogens is 364 g/mol. The van der Waals surface area contributed by atoms with Crippen LogP contribution in [-0.2, 0) is 19.4 Å². The van der Waals surface area contributed by atoms with Crippen LogP contribution in [0.25, 0.3) is 10.9 Å². The maximum Gasteiger partial charge on any atom is 0.0931 e. The molecule has 0 radical (unpaired) electrons. The summed E-state index contributed by atoms with van der Waals surface area (Å²) in [6.45, 7) is 3.75. The van der Waals surface area contributed by atoms with Crippen LogP contribution in [0.1, 0.15) is 30.2 Å². The molecule has 0 aliphatic heterocycles. The number of nitrogens with one attached hydrogen (secondary N) is 1. The first-order valence-corrected chi connectivity index (χ1v) is 10.8. The summed E-state index contributed by atoms with van der Waals surface area (Å²) in [7, 11) is 0. The normalized spacial score (nSPS) is 10.6. The summed E-state index contributed by atoms with van der Waals surface area (Å²) in [5, 5.41) is 4.70. The zero-order valence-corrected chi connectivity index (χ0v) is 17.6. The number of rotatable bonds is 7. The van der Waals surface area contributed by atoms with Crippen molar-refractivity contribution in [2.45, 2.75) is 32.7 Å². The number of aromatic nitrogens is 1. The van der Waals surface area contributed by atoms with Crippen LogP contribution in [0.15, 0.2) is 84.9 Å². The Morgan fingerprint density at radius 3 is 2.37 bits per heavy atom. The van der Waals surface area contributed by atoms with E-state index < -0.39 is 0 Å². The van der Waals surface area contributed by atoms with E-state index in [-0.39, 0.29) is 0 Å². The number of para-hydroxylation sites is 1. The molecule has 4 aromatic rings. The summed E-state index contributed by atoms with van der Waals surface area (Å²) in [4.78, 5) is 0. The van der Waals surface area contributed by atoms with Crippen molar-refractivity contribution in [3.8, 4) is 11.8 Å². The Balaban J connectivity index is 1.49. The Morgan fingerprint density at radius 2 is 1.60 bits per heavy atom. The molecule has 3 aromatic carbocycles. The lowest BCUT2D eigenvalue weighted by Gasteiger charge is -2.06. The average Bonchev–Trinajstić information content (AvgIpc) is 3.16. The Kier molecular flexibility index (Phi) is 6.52. The van der Waals surface area contributed by atoms with Gasteiger partial charge < -0.3 is 9.88 Å². The third kappa shape index (κ3) is 4.75. The molecule has 1 heterocycles. The van der Waals surface area contributed by atoms with E-state index in [0.29, 0.717) is 6.54 Å². The van der Waals surface area contributed by atoms with Gasteiger partial charge in [0.25, 0.3) is 0 Å². The van der Waals surface area contributed by atoms with E-state index in [1.54, 1.807) is 0 Å². The van der Waals surface area contributed by atoms with E-state index >= 15 is 0 Å². The van der Waals surface area contributed by atoms with Crippen LogP contribution in [0.3, 0.4) is 0 Å². The Bertz CT molecular complexity index is 1150. The van der Waals surface area contributed by atoms with E-state index in [1.165, 1.54) is 22.0 Å². The second-order valence-electron chi connectivity index (χ2n) is 7.48. The smallest absolute Gasteiger partial charge is 0.0931 e. The lowest BCUT2D eigenvalue weighted by Crippen LogP contribution is -2.00. The Labute approximate surface area is 179 Å². The van der Waals surface area contributed by atoms with Gasteiger partial charge in [-0.25, -0.2) is 0 Å². The van der Waals surface area contributed by atoms with Crippen molar-refractivity contribution < 1.29 is 0 Å². The Morgan fingerprint density at radius 1 is 0.833 bits per heavy atom. The zero-order chi connectivity index (χ0) is 20.6. The molecule has 1 N–H and O–H groups in total. The van der Waals surface area contributed by atoms with Crippen LogP contribution in [0.5, 0.6) is 0 Å². The van der Waals surface area contributed by atoms with Crippen molar-refractivity contribution in [1.29, 1.82) is 0 Å². The molecule has 2 heteroatoms. The average molecular weight is 393 g/mol. The van der Waals surface area contributed by atoms with Gasteiger partial charge in [-0.05, 0) is 67.5 Å². The molecule has 4 rings (SSSR count). The molecule has 0 unspecified atom stereocenters. The minimum Gasteiger partial charge on any atom is -0.374 e. The van der Waals surface area contributed by atoms with Crippen LogP contribution in [0, 0.1) is 11.8 Å². The summed E-state index contributed by atoms with van der Waals surface area (Å²) in [6.07, 6.45) is 3.36. The predicted octanol–water partition coefficient (Wildman–Crippen LogP) is 6.30. The van der Waals surface area contributed by atoms with Gasteiger partial charge in [0.15, 0.2) is 0 Å². The molecule has 0 saturated carbocycles. The number of aryl methyl sites for hydroxylation is 3. The number of nitrogens with zero attached hydrogens (tertiary/aromatic N) is 1. The van der Waals surface area contributed by atoms with Crippen molar-refractivity contribution in [2.75, 3.05) is 11.9 Å². The molecular formula is C28H28N2. The van der Waals surface area contributed by atoms with Gasteiger partial charge in [-0.2, -0.15) is 0 Å². The topological polar surface area (TPSA) is 17.0 Å². The number of hydrogen-bond donors (Lipinski definition) is 1. The fourth-order valence-electron chi connectivity index (χ4n) is 3.97. The molecule has 0 aliphatic carbocycles. The minimum absolute atomic E-state index is 0.638. The fourth-order valence-corrected chi connectivity index (χ4v) is 3.97. The van der Waals surface area contributed by atoms with E-state index in [9.17, 15) is 0 Å². The monoisotopic (exact) mass is 392 g/mol. The highest BCUT2D eigenvalue weighted by atomic mass is 15.0. The molecule has 0 saturated heterocycles. The van der Waals surface area contributed by atoms with Gasteiger partial charge in [0.2, 0.25) is 0 Å². The van der Waals surface area contributed by atoms with Gasteiger partial charge in [0.05, 0.1) is 12.2 Å². The van der Waals surface area contributed by atoms with Crippen molar-refractivity contribution in [2.24, 2.45) is 0 Å². The third-order valence-corrected chi connectivity index (χ3v) is 5.48. The van der Waals surface area contributed by atoms with Crippen molar-refractivity contribution >= 4 is 16.6 Å². The Hall–Kier alpha value is -3.44. The molecule has 0 amide bonds. The maximum absolute atomic E-state index is 3.38. The summed E-state index contributed by atoms with van der Waals surface area (Å²) in [5.41, 5.74) is 6.31. The van der Waals surface area contributed by atoms with Gasteiger partial charge in [-0.15, -0.1) is 0 Å². The zero-order valence-electron chi connectivity index (χ0n) is 17.6. The predicted molar refractivity (Wildman–Crippen MR) is 128 cm³/mol. The van der Waals surface area contributed by atoms with Crippen LogP contribution in [0.4, 0.5) is 5.69 Å². The van der Waals surface area contributed by atoms with Crippen LogP contribution < -0.4 is 5.32 Å². The quantitative estimate of drug-likeness (QED) is 0.365. The van der Waals surface area contributed by atoms with E-state index in [4.69, 9.17) is 0 Å². The highest BCUT2D eigenvalue weighted by Crippen LogP contribution is 2.25. The van der Waals surface area contributed by atoms with Crippen molar-refractivity contribution in [3.63, 3.8) is 0 Å². The number of fused-ring (bicyclic) bond motifs is 1. The molecule has 150 valence electrons.